The molecule has 2 aromatic carbocycles. The lowest BCUT2D eigenvalue weighted by Crippen LogP contribution is -2.48. The molecule has 4 nitrogen and oxygen atoms in total. The zero-order valence-corrected chi connectivity index (χ0v) is 15.2. The summed E-state index contributed by atoms with van der Waals surface area (Å²) in [4.78, 5) is 20.4. The SMILES string of the molecule is Cc1cccc(CN2CCN(C(=O)Cc3c[nH]c4ccccc34)CC2)c1. The van der Waals surface area contributed by atoms with E-state index in [0.29, 0.717) is 6.42 Å². The van der Waals surface area contributed by atoms with Crippen molar-refractivity contribution >= 4 is 16.8 Å². The van der Waals surface area contributed by atoms with E-state index < -0.39 is 0 Å². The zero-order chi connectivity index (χ0) is 17.9. The van der Waals surface area contributed by atoms with Crippen LogP contribution in [0.25, 0.3) is 10.9 Å². The number of benzene rings is 2. The number of aryl methyl sites for hydroxylation is 1. The number of aromatic amines is 1. The van der Waals surface area contributed by atoms with Gasteiger partial charge in [-0.15, -0.1) is 0 Å². The number of amides is 1. The van der Waals surface area contributed by atoms with Crippen LogP contribution in [0.3, 0.4) is 0 Å². The average molecular weight is 347 g/mol. The zero-order valence-electron chi connectivity index (χ0n) is 15.2. The van der Waals surface area contributed by atoms with Crippen molar-refractivity contribution in [3.63, 3.8) is 0 Å². The minimum Gasteiger partial charge on any atom is -0.361 e. The minimum absolute atomic E-state index is 0.227. The predicted octanol–water partition coefficient (Wildman–Crippen LogP) is 3.36. The Balaban J connectivity index is 1.33. The number of hydrogen-bond acceptors (Lipinski definition) is 2. The molecule has 1 N–H and O–H groups in total. The molecule has 0 unspecified atom stereocenters. The number of carbonyl (C=O) groups excluding carboxylic acids is 1. The van der Waals surface area contributed by atoms with Crippen molar-refractivity contribution in [2.75, 3.05) is 26.2 Å². The summed E-state index contributed by atoms with van der Waals surface area (Å²) in [5.41, 5.74) is 4.84. The molecule has 3 aromatic rings. The van der Waals surface area contributed by atoms with Gasteiger partial charge in [-0.05, 0) is 24.1 Å². The number of para-hydroxylation sites is 1. The third-order valence-electron chi connectivity index (χ3n) is 5.23. The Hall–Kier alpha value is -2.59. The van der Waals surface area contributed by atoms with Gasteiger partial charge in [0.15, 0.2) is 0 Å². The highest BCUT2D eigenvalue weighted by Gasteiger charge is 2.22. The van der Waals surface area contributed by atoms with E-state index in [9.17, 15) is 4.79 Å². The quantitative estimate of drug-likeness (QED) is 0.786. The number of carbonyl (C=O) groups is 1. The molecule has 4 heteroatoms. The van der Waals surface area contributed by atoms with Gasteiger partial charge >= 0.3 is 0 Å². The maximum atomic E-state index is 12.7. The highest BCUT2D eigenvalue weighted by Crippen LogP contribution is 2.19. The van der Waals surface area contributed by atoms with E-state index in [1.54, 1.807) is 0 Å². The Bertz CT molecular complexity index is 906. The first-order valence-corrected chi connectivity index (χ1v) is 9.30. The van der Waals surface area contributed by atoms with Crippen LogP contribution < -0.4 is 0 Å². The van der Waals surface area contributed by atoms with E-state index >= 15 is 0 Å². The third kappa shape index (κ3) is 3.65. The summed E-state index contributed by atoms with van der Waals surface area (Å²) < 4.78 is 0. The van der Waals surface area contributed by atoms with E-state index in [4.69, 9.17) is 0 Å². The van der Waals surface area contributed by atoms with Gasteiger partial charge < -0.3 is 9.88 Å². The van der Waals surface area contributed by atoms with Gasteiger partial charge in [-0.3, -0.25) is 9.69 Å². The number of fused-ring (bicyclic) bond motifs is 1. The lowest BCUT2D eigenvalue weighted by Gasteiger charge is -2.34. The molecule has 0 bridgehead atoms. The fourth-order valence-electron chi connectivity index (χ4n) is 3.78. The number of aromatic nitrogens is 1. The molecule has 2 heterocycles. The first-order valence-electron chi connectivity index (χ1n) is 9.30. The Morgan fingerprint density at radius 2 is 1.85 bits per heavy atom. The van der Waals surface area contributed by atoms with Crippen molar-refractivity contribution in [3.8, 4) is 0 Å². The van der Waals surface area contributed by atoms with E-state index in [1.165, 1.54) is 11.1 Å². The van der Waals surface area contributed by atoms with Crippen molar-refractivity contribution in [2.24, 2.45) is 0 Å². The standard InChI is InChI=1S/C22H25N3O/c1-17-5-4-6-18(13-17)16-24-9-11-25(12-10-24)22(26)14-19-15-23-21-8-3-2-7-20(19)21/h2-8,13,15,23H,9-12,14,16H2,1H3. The van der Waals surface area contributed by atoms with Gasteiger partial charge in [0.2, 0.25) is 5.91 Å². The molecule has 26 heavy (non-hydrogen) atoms. The summed E-state index contributed by atoms with van der Waals surface area (Å²) in [6.45, 7) is 6.60. The summed E-state index contributed by atoms with van der Waals surface area (Å²) in [6, 6.07) is 16.8. The average Bonchev–Trinajstić information content (AvgIpc) is 3.05. The minimum atomic E-state index is 0.227. The van der Waals surface area contributed by atoms with E-state index in [1.807, 2.05) is 29.3 Å². The van der Waals surface area contributed by atoms with Crippen LogP contribution in [-0.4, -0.2) is 46.9 Å². The summed E-state index contributed by atoms with van der Waals surface area (Å²) >= 11 is 0. The highest BCUT2D eigenvalue weighted by atomic mass is 16.2. The normalized spacial score (nSPS) is 15.5. The molecule has 0 aliphatic carbocycles. The highest BCUT2D eigenvalue weighted by molar-refractivity contribution is 5.88. The summed E-state index contributed by atoms with van der Waals surface area (Å²) in [5.74, 6) is 0.227. The number of nitrogens with one attached hydrogen (secondary N) is 1. The van der Waals surface area contributed by atoms with Crippen LogP contribution in [-0.2, 0) is 17.8 Å². The lowest BCUT2D eigenvalue weighted by atomic mass is 10.1. The third-order valence-corrected chi connectivity index (χ3v) is 5.23. The number of H-pyrrole nitrogens is 1. The molecule has 1 aliphatic rings. The number of hydrogen-bond donors (Lipinski definition) is 1. The first-order chi connectivity index (χ1) is 12.7. The van der Waals surface area contributed by atoms with Crippen molar-refractivity contribution in [1.82, 2.24) is 14.8 Å². The molecule has 134 valence electrons. The van der Waals surface area contributed by atoms with Gasteiger partial charge in [0.05, 0.1) is 6.42 Å². The van der Waals surface area contributed by atoms with Crippen LogP contribution in [0.4, 0.5) is 0 Å². The molecule has 1 amide bonds. The van der Waals surface area contributed by atoms with Crippen molar-refractivity contribution in [3.05, 3.63) is 71.4 Å². The van der Waals surface area contributed by atoms with E-state index in [-0.39, 0.29) is 5.91 Å². The van der Waals surface area contributed by atoms with Crippen molar-refractivity contribution < 1.29 is 4.79 Å². The van der Waals surface area contributed by atoms with E-state index in [0.717, 1.165) is 49.2 Å². The second-order valence-corrected chi connectivity index (χ2v) is 7.18. The molecule has 0 radical (unpaired) electrons. The van der Waals surface area contributed by atoms with Gasteiger partial charge in [-0.1, -0.05) is 48.0 Å². The number of rotatable bonds is 4. The smallest absolute Gasteiger partial charge is 0.227 e. The number of nitrogens with zero attached hydrogens (tertiary/aromatic N) is 2. The van der Waals surface area contributed by atoms with Crippen molar-refractivity contribution in [2.45, 2.75) is 19.9 Å². The Morgan fingerprint density at radius 1 is 1.04 bits per heavy atom. The van der Waals surface area contributed by atoms with Gasteiger partial charge in [0.25, 0.3) is 0 Å². The van der Waals surface area contributed by atoms with Crippen LogP contribution in [0, 0.1) is 6.92 Å². The number of piperazine rings is 1. The van der Waals surface area contributed by atoms with Gasteiger partial charge in [0.1, 0.15) is 0 Å². The molecular formula is C22H25N3O. The van der Waals surface area contributed by atoms with Crippen LogP contribution in [0.15, 0.2) is 54.7 Å². The predicted molar refractivity (Wildman–Crippen MR) is 105 cm³/mol. The fourth-order valence-corrected chi connectivity index (χ4v) is 3.78. The Morgan fingerprint density at radius 3 is 2.65 bits per heavy atom. The fraction of sp³-hybridized carbons (Fsp3) is 0.318. The second-order valence-electron chi connectivity index (χ2n) is 7.18. The second kappa shape index (κ2) is 7.34. The van der Waals surface area contributed by atoms with E-state index in [2.05, 4.69) is 47.1 Å². The monoisotopic (exact) mass is 347 g/mol. The Labute approximate surface area is 154 Å². The summed E-state index contributed by atoms with van der Waals surface area (Å²) in [7, 11) is 0. The molecular weight excluding hydrogens is 322 g/mol. The first kappa shape index (κ1) is 16.9. The van der Waals surface area contributed by atoms with Gasteiger partial charge in [-0.25, -0.2) is 0 Å². The van der Waals surface area contributed by atoms with Gasteiger partial charge in [-0.2, -0.15) is 0 Å². The molecule has 4 rings (SSSR count). The molecule has 0 saturated carbocycles. The molecule has 1 saturated heterocycles. The van der Waals surface area contributed by atoms with Crippen LogP contribution in [0.1, 0.15) is 16.7 Å². The largest absolute Gasteiger partial charge is 0.361 e. The maximum absolute atomic E-state index is 12.7. The van der Waals surface area contributed by atoms with Crippen LogP contribution >= 0.6 is 0 Å². The topological polar surface area (TPSA) is 39.3 Å². The maximum Gasteiger partial charge on any atom is 0.227 e. The summed E-state index contributed by atoms with van der Waals surface area (Å²) in [6.07, 6.45) is 2.44. The Kier molecular flexibility index (Phi) is 4.76. The summed E-state index contributed by atoms with van der Waals surface area (Å²) in [5, 5.41) is 1.15. The van der Waals surface area contributed by atoms with Crippen molar-refractivity contribution in [1.29, 1.82) is 0 Å². The lowest BCUT2D eigenvalue weighted by molar-refractivity contribution is -0.132. The molecule has 0 atom stereocenters. The molecule has 1 fully saturated rings. The van der Waals surface area contributed by atoms with Gasteiger partial charge in [0, 0.05) is 49.8 Å². The van der Waals surface area contributed by atoms with Crippen LogP contribution in [0.5, 0.6) is 0 Å². The molecule has 1 aliphatic heterocycles. The molecule has 1 aromatic heterocycles. The van der Waals surface area contributed by atoms with Crippen LogP contribution in [0.2, 0.25) is 0 Å². The molecule has 0 spiro atoms.